The molecule has 4 heteroatoms. The van der Waals surface area contributed by atoms with Crippen molar-refractivity contribution in [1.82, 2.24) is 5.32 Å². The van der Waals surface area contributed by atoms with Crippen LogP contribution in [-0.2, 0) is 4.79 Å². The number of aliphatic hydroxyl groups is 1. The molecule has 0 bridgehead atoms. The lowest BCUT2D eigenvalue weighted by Gasteiger charge is -2.28. The Hall–Kier alpha value is -0.870. The quantitative estimate of drug-likeness (QED) is 0.532. The third-order valence-electron chi connectivity index (χ3n) is 2.35. The zero-order valence-electron chi connectivity index (χ0n) is 8.79. The van der Waals surface area contributed by atoms with E-state index in [4.69, 9.17) is 10.2 Å². The van der Waals surface area contributed by atoms with E-state index < -0.39 is 5.97 Å². The lowest BCUT2D eigenvalue weighted by atomic mass is 9.95. The summed E-state index contributed by atoms with van der Waals surface area (Å²) in [5, 5.41) is 20.4. The molecule has 4 nitrogen and oxygen atoms in total. The average molecular weight is 201 g/mol. The van der Waals surface area contributed by atoms with Crippen molar-refractivity contribution in [3.8, 4) is 0 Å². The van der Waals surface area contributed by atoms with Gasteiger partial charge in [-0.05, 0) is 19.8 Å². The SMILES string of the molecule is CCC(C)(CCO)NC/C=C/C(=O)O. The van der Waals surface area contributed by atoms with E-state index in [2.05, 4.69) is 5.32 Å². The topological polar surface area (TPSA) is 69.6 Å². The Morgan fingerprint density at radius 2 is 2.21 bits per heavy atom. The molecule has 0 radical (unpaired) electrons. The molecule has 0 fully saturated rings. The Bertz CT molecular complexity index is 204. The number of hydrogen-bond acceptors (Lipinski definition) is 3. The highest BCUT2D eigenvalue weighted by Crippen LogP contribution is 2.12. The summed E-state index contributed by atoms with van der Waals surface area (Å²) in [6.07, 6.45) is 4.24. The Morgan fingerprint density at radius 3 is 2.64 bits per heavy atom. The molecule has 0 saturated heterocycles. The van der Waals surface area contributed by atoms with Crippen LogP contribution in [0.25, 0.3) is 0 Å². The Morgan fingerprint density at radius 1 is 1.57 bits per heavy atom. The standard InChI is InChI=1S/C10H19NO3/c1-3-10(2,6-8-12)11-7-4-5-9(13)14/h4-5,11-12H,3,6-8H2,1-2H3,(H,13,14)/b5-4+. The van der Waals surface area contributed by atoms with Gasteiger partial charge in [0.25, 0.3) is 0 Å². The third kappa shape index (κ3) is 5.72. The van der Waals surface area contributed by atoms with Crippen molar-refractivity contribution < 1.29 is 15.0 Å². The van der Waals surface area contributed by atoms with Crippen molar-refractivity contribution >= 4 is 5.97 Å². The molecule has 1 unspecified atom stereocenters. The maximum atomic E-state index is 10.2. The largest absolute Gasteiger partial charge is 0.478 e. The summed E-state index contributed by atoms with van der Waals surface area (Å²) in [7, 11) is 0. The summed E-state index contributed by atoms with van der Waals surface area (Å²) >= 11 is 0. The highest BCUT2D eigenvalue weighted by atomic mass is 16.4. The number of carbonyl (C=O) groups is 1. The zero-order chi connectivity index (χ0) is 11.0. The van der Waals surface area contributed by atoms with E-state index in [1.54, 1.807) is 6.08 Å². The Balaban J connectivity index is 3.89. The number of nitrogens with one attached hydrogen (secondary N) is 1. The van der Waals surface area contributed by atoms with E-state index in [9.17, 15) is 4.79 Å². The third-order valence-corrected chi connectivity index (χ3v) is 2.35. The van der Waals surface area contributed by atoms with E-state index >= 15 is 0 Å². The minimum Gasteiger partial charge on any atom is -0.478 e. The van der Waals surface area contributed by atoms with Crippen LogP contribution in [0.1, 0.15) is 26.7 Å². The minimum absolute atomic E-state index is 0.113. The van der Waals surface area contributed by atoms with Gasteiger partial charge in [0, 0.05) is 24.8 Å². The molecule has 0 spiro atoms. The molecule has 0 aromatic rings. The molecular weight excluding hydrogens is 182 g/mol. The highest BCUT2D eigenvalue weighted by molar-refractivity contribution is 5.79. The molecule has 0 aliphatic heterocycles. The van der Waals surface area contributed by atoms with Crippen molar-refractivity contribution in [2.24, 2.45) is 0 Å². The van der Waals surface area contributed by atoms with Crippen LogP contribution in [0, 0.1) is 0 Å². The number of carboxylic acids is 1. The molecule has 0 rings (SSSR count). The molecule has 0 amide bonds. The van der Waals surface area contributed by atoms with Gasteiger partial charge in [-0.2, -0.15) is 0 Å². The lowest BCUT2D eigenvalue weighted by Crippen LogP contribution is -2.42. The fourth-order valence-electron chi connectivity index (χ4n) is 1.10. The van der Waals surface area contributed by atoms with Gasteiger partial charge in [-0.3, -0.25) is 0 Å². The van der Waals surface area contributed by atoms with Crippen LogP contribution in [0.2, 0.25) is 0 Å². The number of aliphatic hydroxyl groups excluding tert-OH is 1. The van der Waals surface area contributed by atoms with E-state index in [0.717, 1.165) is 12.5 Å². The molecule has 0 aromatic heterocycles. The number of rotatable bonds is 7. The van der Waals surface area contributed by atoms with Crippen LogP contribution in [-0.4, -0.2) is 34.9 Å². The van der Waals surface area contributed by atoms with Gasteiger partial charge < -0.3 is 15.5 Å². The van der Waals surface area contributed by atoms with E-state index in [-0.39, 0.29) is 12.1 Å². The van der Waals surface area contributed by atoms with E-state index in [0.29, 0.717) is 13.0 Å². The van der Waals surface area contributed by atoms with Gasteiger partial charge >= 0.3 is 5.97 Å². The second-order valence-electron chi connectivity index (χ2n) is 3.51. The summed E-state index contributed by atoms with van der Waals surface area (Å²) in [6, 6.07) is 0. The first kappa shape index (κ1) is 13.1. The fraction of sp³-hybridized carbons (Fsp3) is 0.700. The molecule has 0 aromatic carbocycles. The first-order valence-corrected chi connectivity index (χ1v) is 4.79. The van der Waals surface area contributed by atoms with Crippen LogP contribution in [0.15, 0.2) is 12.2 Å². The number of hydrogen-bond donors (Lipinski definition) is 3. The van der Waals surface area contributed by atoms with Crippen molar-refractivity contribution in [1.29, 1.82) is 0 Å². The maximum absolute atomic E-state index is 10.2. The average Bonchev–Trinajstić information content (AvgIpc) is 2.13. The van der Waals surface area contributed by atoms with Gasteiger partial charge in [-0.1, -0.05) is 13.0 Å². The molecule has 82 valence electrons. The summed E-state index contributed by atoms with van der Waals surface area (Å²) < 4.78 is 0. The van der Waals surface area contributed by atoms with Gasteiger partial charge in [0.1, 0.15) is 0 Å². The minimum atomic E-state index is -0.938. The summed E-state index contributed by atoms with van der Waals surface area (Å²) in [6.45, 7) is 4.69. The summed E-state index contributed by atoms with van der Waals surface area (Å²) in [5.74, 6) is -0.938. The van der Waals surface area contributed by atoms with Crippen molar-refractivity contribution in [2.75, 3.05) is 13.2 Å². The molecule has 0 aliphatic rings. The molecule has 1 atom stereocenters. The van der Waals surface area contributed by atoms with Crippen molar-refractivity contribution in [3.63, 3.8) is 0 Å². The lowest BCUT2D eigenvalue weighted by molar-refractivity contribution is -0.131. The first-order chi connectivity index (χ1) is 6.54. The predicted octanol–water partition coefficient (Wildman–Crippen LogP) is 0.768. The number of aliphatic carboxylic acids is 1. The Labute approximate surface area is 84.6 Å². The van der Waals surface area contributed by atoms with Crippen LogP contribution in [0.3, 0.4) is 0 Å². The molecule has 0 heterocycles. The first-order valence-electron chi connectivity index (χ1n) is 4.79. The molecule has 0 saturated carbocycles. The van der Waals surface area contributed by atoms with Gasteiger partial charge in [-0.25, -0.2) is 4.79 Å². The van der Waals surface area contributed by atoms with Crippen molar-refractivity contribution in [3.05, 3.63) is 12.2 Å². The predicted molar refractivity (Wildman–Crippen MR) is 55.2 cm³/mol. The zero-order valence-corrected chi connectivity index (χ0v) is 8.79. The van der Waals surface area contributed by atoms with Gasteiger partial charge in [-0.15, -0.1) is 0 Å². The van der Waals surface area contributed by atoms with Gasteiger partial charge in [0.2, 0.25) is 0 Å². The van der Waals surface area contributed by atoms with Gasteiger partial charge in [0.05, 0.1) is 0 Å². The Kier molecular flexibility index (Phi) is 6.16. The molecule has 14 heavy (non-hydrogen) atoms. The molecule has 0 aliphatic carbocycles. The normalized spacial score (nSPS) is 15.6. The maximum Gasteiger partial charge on any atom is 0.328 e. The summed E-state index contributed by atoms with van der Waals surface area (Å²) in [5.41, 5.74) is -0.113. The van der Waals surface area contributed by atoms with Crippen LogP contribution >= 0.6 is 0 Å². The number of carboxylic acid groups (broad SMARTS) is 1. The second kappa shape index (κ2) is 6.56. The van der Waals surface area contributed by atoms with Crippen LogP contribution < -0.4 is 5.32 Å². The van der Waals surface area contributed by atoms with Crippen molar-refractivity contribution in [2.45, 2.75) is 32.2 Å². The molecule has 3 N–H and O–H groups in total. The smallest absolute Gasteiger partial charge is 0.328 e. The van der Waals surface area contributed by atoms with E-state index in [1.165, 1.54) is 0 Å². The monoisotopic (exact) mass is 201 g/mol. The van der Waals surface area contributed by atoms with Crippen LogP contribution in [0.4, 0.5) is 0 Å². The fourth-order valence-corrected chi connectivity index (χ4v) is 1.10. The summed E-state index contributed by atoms with van der Waals surface area (Å²) in [4.78, 5) is 10.2. The molecular formula is C10H19NO3. The second-order valence-corrected chi connectivity index (χ2v) is 3.51. The van der Waals surface area contributed by atoms with Crippen LogP contribution in [0.5, 0.6) is 0 Å². The van der Waals surface area contributed by atoms with E-state index in [1.807, 2.05) is 13.8 Å². The highest BCUT2D eigenvalue weighted by Gasteiger charge is 2.19. The van der Waals surface area contributed by atoms with Gasteiger partial charge in [0.15, 0.2) is 0 Å².